The number of nitrogens with one attached hydrogen (secondary N) is 1. The average molecular weight is 229 g/mol. The molecule has 0 saturated carbocycles. The Bertz CT molecular complexity index is 488. The lowest BCUT2D eigenvalue weighted by molar-refractivity contribution is -0.121. The standard InChI is InChI=1S/C14H15NO2/c1-9-14(10(2)16)12(8-13(17)15-9)11-6-4-3-5-7-11/h3-7,12H,8H2,1-2H3,(H,15,17)/t12-/m1/s1. The fraction of sp³-hybridized carbons (Fsp3) is 0.286. The topological polar surface area (TPSA) is 46.2 Å². The van der Waals surface area contributed by atoms with Crippen LogP contribution < -0.4 is 5.32 Å². The number of benzene rings is 1. The number of carbonyl (C=O) groups excluding carboxylic acids is 2. The lowest BCUT2D eigenvalue weighted by Gasteiger charge is -2.26. The Morgan fingerprint density at radius 3 is 2.53 bits per heavy atom. The van der Waals surface area contributed by atoms with E-state index >= 15 is 0 Å². The Balaban J connectivity index is 2.47. The Morgan fingerprint density at radius 2 is 1.94 bits per heavy atom. The van der Waals surface area contributed by atoms with Crippen LogP contribution in [0.1, 0.15) is 31.7 Å². The fourth-order valence-electron chi connectivity index (χ4n) is 2.36. The first-order valence-corrected chi connectivity index (χ1v) is 5.66. The van der Waals surface area contributed by atoms with Crippen LogP contribution in [-0.4, -0.2) is 11.7 Å². The van der Waals surface area contributed by atoms with E-state index in [1.165, 1.54) is 0 Å². The van der Waals surface area contributed by atoms with Gasteiger partial charge in [-0.2, -0.15) is 0 Å². The summed E-state index contributed by atoms with van der Waals surface area (Å²) in [5, 5.41) is 2.73. The summed E-state index contributed by atoms with van der Waals surface area (Å²) in [6.45, 7) is 3.33. The largest absolute Gasteiger partial charge is 0.330 e. The van der Waals surface area contributed by atoms with Crippen LogP contribution in [0, 0.1) is 0 Å². The van der Waals surface area contributed by atoms with Gasteiger partial charge >= 0.3 is 0 Å². The van der Waals surface area contributed by atoms with Gasteiger partial charge < -0.3 is 5.32 Å². The molecule has 0 aliphatic carbocycles. The maximum atomic E-state index is 11.7. The summed E-state index contributed by atoms with van der Waals surface area (Å²) >= 11 is 0. The van der Waals surface area contributed by atoms with Crippen molar-refractivity contribution in [1.82, 2.24) is 5.32 Å². The summed E-state index contributed by atoms with van der Waals surface area (Å²) in [5.41, 5.74) is 2.42. The number of hydrogen-bond acceptors (Lipinski definition) is 2. The molecule has 0 unspecified atom stereocenters. The predicted molar refractivity (Wildman–Crippen MR) is 65.3 cm³/mol. The van der Waals surface area contributed by atoms with Crippen molar-refractivity contribution in [1.29, 1.82) is 0 Å². The van der Waals surface area contributed by atoms with Crippen LogP contribution in [0.5, 0.6) is 0 Å². The molecule has 0 bridgehead atoms. The summed E-state index contributed by atoms with van der Waals surface area (Å²) in [7, 11) is 0. The number of ketones is 1. The molecule has 1 amide bonds. The normalized spacial score (nSPS) is 20.1. The number of rotatable bonds is 2. The van der Waals surface area contributed by atoms with Gasteiger partial charge in [-0.3, -0.25) is 9.59 Å². The van der Waals surface area contributed by atoms with Crippen LogP contribution in [0.2, 0.25) is 0 Å². The van der Waals surface area contributed by atoms with Crippen molar-refractivity contribution >= 4 is 11.7 Å². The molecule has 17 heavy (non-hydrogen) atoms. The molecular weight excluding hydrogens is 214 g/mol. The number of hydrogen-bond donors (Lipinski definition) is 1. The van der Waals surface area contributed by atoms with E-state index in [-0.39, 0.29) is 17.6 Å². The number of allylic oxidation sites excluding steroid dienone is 2. The van der Waals surface area contributed by atoms with Gasteiger partial charge in [0.15, 0.2) is 5.78 Å². The minimum Gasteiger partial charge on any atom is -0.330 e. The molecule has 1 aromatic rings. The van der Waals surface area contributed by atoms with E-state index in [9.17, 15) is 9.59 Å². The molecule has 0 radical (unpaired) electrons. The summed E-state index contributed by atoms with van der Waals surface area (Å²) in [6.07, 6.45) is 0.344. The first kappa shape index (κ1) is 11.6. The zero-order valence-electron chi connectivity index (χ0n) is 9.99. The highest BCUT2D eigenvalue weighted by atomic mass is 16.2. The zero-order valence-corrected chi connectivity index (χ0v) is 9.99. The molecule has 1 heterocycles. The molecule has 0 aromatic heterocycles. The zero-order chi connectivity index (χ0) is 12.4. The van der Waals surface area contributed by atoms with Crippen molar-refractivity contribution < 1.29 is 9.59 Å². The summed E-state index contributed by atoms with van der Waals surface area (Å²) in [6, 6.07) is 9.69. The first-order valence-electron chi connectivity index (χ1n) is 5.66. The van der Waals surface area contributed by atoms with Crippen LogP contribution in [0.25, 0.3) is 0 Å². The molecule has 2 rings (SSSR count). The number of Topliss-reactive ketones (excluding diaryl/α,β-unsaturated/α-hetero) is 1. The van der Waals surface area contributed by atoms with E-state index in [0.717, 1.165) is 11.1 Å². The Kier molecular flexibility index (Phi) is 3.09. The number of amides is 1. The molecule has 1 aliphatic rings. The van der Waals surface area contributed by atoms with Gasteiger partial charge in [0.05, 0.1) is 0 Å². The van der Waals surface area contributed by atoms with Crippen LogP contribution >= 0.6 is 0 Å². The fourth-order valence-corrected chi connectivity index (χ4v) is 2.36. The maximum absolute atomic E-state index is 11.7. The molecule has 0 saturated heterocycles. The maximum Gasteiger partial charge on any atom is 0.225 e. The van der Waals surface area contributed by atoms with Crippen molar-refractivity contribution in [2.45, 2.75) is 26.2 Å². The van der Waals surface area contributed by atoms with E-state index in [2.05, 4.69) is 5.32 Å². The van der Waals surface area contributed by atoms with Crippen molar-refractivity contribution in [3.05, 3.63) is 47.2 Å². The van der Waals surface area contributed by atoms with Crippen molar-refractivity contribution in [2.24, 2.45) is 0 Å². The molecule has 88 valence electrons. The average Bonchev–Trinajstić information content (AvgIpc) is 2.28. The van der Waals surface area contributed by atoms with Gasteiger partial charge in [0.2, 0.25) is 5.91 Å². The van der Waals surface area contributed by atoms with Gasteiger partial charge in [0.25, 0.3) is 0 Å². The van der Waals surface area contributed by atoms with E-state index < -0.39 is 0 Å². The molecule has 1 aliphatic heterocycles. The van der Waals surface area contributed by atoms with E-state index in [1.54, 1.807) is 13.8 Å². The highest BCUT2D eigenvalue weighted by Crippen LogP contribution is 2.32. The predicted octanol–water partition coefficient (Wildman–Crippen LogP) is 2.15. The van der Waals surface area contributed by atoms with Crippen LogP contribution in [0.3, 0.4) is 0 Å². The highest BCUT2D eigenvalue weighted by molar-refractivity contribution is 5.99. The second-order valence-electron chi connectivity index (χ2n) is 4.31. The van der Waals surface area contributed by atoms with E-state index in [4.69, 9.17) is 0 Å². The molecular formula is C14H15NO2. The van der Waals surface area contributed by atoms with Crippen molar-refractivity contribution in [3.63, 3.8) is 0 Å². The quantitative estimate of drug-likeness (QED) is 0.844. The molecule has 1 atom stereocenters. The third-order valence-electron chi connectivity index (χ3n) is 3.05. The molecule has 1 aromatic carbocycles. The van der Waals surface area contributed by atoms with Gasteiger partial charge in [-0.25, -0.2) is 0 Å². The third-order valence-corrected chi connectivity index (χ3v) is 3.05. The molecule has 3 heteroatoms. The van der Waals surface area contributed by atoms with Gasteiger partial charge in [-0.05, 0) is 19.4 Å². The minimum absolute atomic E-state index is 0.0244. The lowest BCUT2D eigenvalue weighted by Crippen LogP contribution is -2.33. The van der Waals surface area contributed by atoms with Gasteiger partial charge in [0.1, 0.15) is 0 Å². The van der Waals surface area contributed by atoms with Crippen molar-refractivity contribution in [3.8, 4) is 0 Å². The highest BCUT2D eigenvalue weighted by Gasteiger charge is 2.29. The Hall–Kier alpha value is -1.90. The summed E-state index contributed by atoms with van der Waals surface area (Å²) < 4.78 is 0. The van der Waals surface area contributed by atoms with Crippen molar-refractivity contribution in [2.75, 3.05) is 0 Å². The SMILES string of the molecule is CC(=O)C1=C(C)NC(=O)C[C@@H]1c1ccccc1. The third kappa shape index (κ3) is 2.28. The van der Waals surface area contributed by atoms with E-state index in [0.29, 0.717) is 12.1 Å². The molecule has 0 fully saturated rings. The summed E-state index contributed by atoms with van der Waals surface area (Å²) in [5.74, 6) is -0.111. The van der Waals surface area contributed by atoms with Crippen LogP contribution in [0.4, 0.5) is 0 Å². The summed E-state index contributed by atoms with van der Waals surface area (Å²) in [4.78, 5) is 23.3. The number of carbonyl (C=O) groups is 2. The molecule has 0 spiro atoms. The van der Waals surface area contributed by atoms with E-state index in [1.807, 2.05) is 30.3 Å². The molecule has 3 nitrogen and oxygen atoms in total. The first-order chi connectivity index (χ1) is 8.09. The second-order valence-corrected chi connectivity index (χ2v) is 4.31. The van der Waals surface area contributed by atoms with Gasteiger partial charge in [-0.1, -0.05) is 30.3 Å². The monoisotopic (exact) mass is 229 g/mol. The minimum atomic E-state index is -0.109. The lowest BCUT2D eigenvalue weighted by atomic mass is 9.83. The van der Waals surface area contributed by atoms with Crippen LogP contribution in [0.15, 0.2) is 41.6 Å². The Morgan fingerprint density at radius 1 is 1.29 bits per heavy atom. The smallest absolute Gasteiger partial charge is 0.225 e. The van der Waals surface area contributed by atoms with Crippen LogP contribution in [-0.2, 0) is 9.59 Å². The second kappa shape index (κ2) is 4.53. The molecule has 1 N–H and O–H groups in total. The van der Waals surface area contributed by atoms with Gasteiger partial charge in [-0.15, -0.1) is 0 Å². The van der Waals surface area contributed by atoms with Gasteiger partial charge in [0, 0.05) is 23.6 Å². The Labute approximate surface area is 101 Å².